The van der Waals surface area contributed by atoms with Crippen LogP contribution in [0.5, 0.6) is 0 Å². The molecule has 12 nitrogen and oxygen atoms in total. The molecular weight excluding hydrogens is 536 g/mol. The standard InChI is InChI=1S/C30H30N8O4/c1-2-8-19-14-25(29(40)34-24(27(39)30(41)42)13-18-9-4-3-5-10-18)33-23(19)15-20-16-32-26(17-31-20)21-11-6-7-12-22(21)28-35-37-38-36-28/h3-7,9-12,14,16-17,24,27,33,39H,2,8,13,15H2,1H3,(H,34,40)(H,41,42)(H,35,36,37,38). The van der Waals surface area contributed by atoms with Gasteiger partial charge in [0.25, 0.3) is 5.91 Å². The number of carbonyl (C=O) groups excluding carboxylic acids is 1. The van der Waals surface area contributed by atoms with E-state index in [1.807, 2.05) is 61.5 Å². The molecule has 2 aromatic carbocycles. The number of rotatable bonds is 12. The summed E-state index contributed by atoms with van der Waals surface area (Å²) in [6, 6.07) is 17.4. The highest BCUT2D eigenvalue weighted by atomic mass is 16.4. The zero-order valence-corrected chi connectivity index (χ0v) is 22.9. The molecule has 0 radical (unpaired) electrons. The van der Waals surface area contributed by atoms with Gasteiger partial charge in [0.05, 0.1) is 23.6 Å². The fraction of sp³-hybridized carbons (Fsp3) is 0.233. The molecule has 3 heterocycles. The quantitative estimate of drug-likeness (QED) is 0.152. The third kappa shape index (κ3) is 6.56. The predicted octanol–water partition coefficient (Wildman–Crippen LogP) is 2.98. The van der Waals surface area contributed by atoms with Crippen LogP contribution in [0.4, 0.5) is 0 Å². The van der Waals surface area contributed by atoms with Gasteiger partial charge in [-0.1, -0.05) is 67.9 Å². The van der Waals surface area contributed by atoms with Gasteiger partial charge in [0.1, 0.15) is 5.69 Å². The molecule has 214 valence electrons. The van der Waals surface area contributed by atoms with Crippen LogP contribution in [0.15, 0.2) is 73.1 Å². The Kier molecular flexibility index (Phi) is 8.73. The number of benzene rings is 2. The lowest BCUT2D eigenvalue weighted by atomic mass is 10.0. The molecule has 0 fully saturated rings. The van der Waals surface area contributed by atoms with E-state index >= 15 is 0 Å². The number of tetrazole rings is 1. The van der Waals surface area contributed by atoms with E-state index in [1.54, 1.807) is 18.5 Å². The second-order valence-electron chi connectivity index (χ2n) is 9.84. The molecule has 2 atom stereocenters. The maximum atomic E-state index is 13.2. The van der Waals surface area contributed by atoms with Crippen LogP contribution < -0.4 is 5.32 Å². The fourth-order valence-corrected chi connectivity index (χ4v) is 4.78. The molecule has 0 bridgehead atoms. The SMILES string of the molecule is CCCc1cc(C(=O)NC(Cc2ccccc2)C(O)C(=O)O)[nH]c1Cc1cnc(-c2ccccc2-c2nn[nH]n2)cn1. The Hall–Kier alpha value is -5.23. The summed E-state index contributed by atoms with van der Waals surface area (Å²) in [4.78, 5) is 37.2. The van der Waals surface area contributed by atoms with E-state index in [9.17, 15) is 19.8 Å². The van der Waals surface area contributed by atoms with Crippen molar-refractivity contribution in [2.45, 2.75) is 44.8 Å². The van der Waals surface area contributed by atoms with Gasteiger partial charge in [0.15, 0.2) is 6.10 Å². The number of hydrogen-bond acceptors (Lipinski definition) is 8. The largest absolute Gasteiger partial charge is 0.479 e. The van der Waals surface area contributed by atoms with Gasteiger partial charge in [-0.15, -0.1) is 10.2 Å². The van der Waals surface area contributed by atoms with Crippen molar-refractivity contribution < 1.29 is 19.8 Å². The second kappa shape index (κ2) is 13.0. The smallest absolute Gasteiger partial charge is 0.334 e. The molecule has 0 saturated heterocycles. The van der Waals surface area contributed by atoms with Crippen molar-refractivity contribution in [3.05, 3.63) is 101 Å². The van der Waals surface area contributed by atoms with Gasteiger partial charge in [-0.3, -0.25) is 14.8 Å². The lowest BCUT2D eigenvalue weighted by Crippen LogP contribution is -2.48. The Morgan fingerprint density at radius 1 is 1.00 bits per heavy atom. The molecule has 1 amide bonds. The summed E-state index contributed by atoms with van der Waals surface area (Å²) in [5, 5.41) is 36.7. The fourth-order valence-electron chi connectivity index (χ4n) is 4.78. The van der Waals surface area contributed by atoms with Crippen LogP contribution in [0.2, 0.25) is 0 Å². The van der Waals surface area contributed by atoms with Crippen LogP contribution in [0.25, 0.3) is 22.6 Å². The summed E-state index contributed by atoms with van der Waals surface area (Å²) < 4.78 is 0. The number of amides is 1. The number of H-pyrrole nitrogens is 2. The highest BCUT2D eigenvalue weighted by Crippen LogP contribution is 2.28. The van der Waals surface area contributed by atoms with Gasteiger partial charge in [0.2, 0.25) is 5.82 Å². The van der Waals surface area contributed by atoms with Crippen molar-refractivity contribution in [3.63, 3.8) is 0 Å². The Morgan fingerprint density at radius 3 is 2.43 bits per heavy atom. The molecule has 5 rings (SSSR count). The first-order valence-electron chi connectivity index (χ1n) is 13.5. The molecule has 0 saturated carbocycles. The number of aliphatic carboxylic acids is 1. The molecule has 5 N–H and O–H groups in total. The zero-order chi connectivity index (χ0) is 29.5. The number of nitrogens with zero attached hydrogens (tertiary/aromatic N) is 5. The average molecular weight is 567 g/mol. The first kappa shape index (κ1) is 28.3. The Labute approximate surface area is 241 Å². The van der Waals surface area contributed by atoms with Gasteiger partial charge in [-0.2, -0.15) is 5.21 Å². The maximum absolute atomic E-state index is 13.2. The second-order valence-corrected chi connectivity index (χ2v) is 9.84. The summed E-state index contributed by atoms with van der Waals surface area (Å²) in [6.07, 6.45) is 3.77. The minimum Gasteiger partial charge on any atom is -0.479 e. The third-order valence-electron chi connectivity index (χ3n) is 6.86. The van der Waals surface area contributed by atoms with Gasteiger partial charge < -0.3 is 20.5 Å². The van der Waals surface area contributed by atoms with Crippen LogP contribution in [-0.2, 0) is 24.1 Å². The molecule has 5 aromatic rings. The van der Waals surface area contributed by atoms with Gasteiger partial charge in [-0.05, 0) is 35.2 Å². The van der Waals surface area contributed by atoms with Gasteiger partial charge in [0, 0.05) is 29.4 Å². The number of carboxylic acids is 1. The number of aliphatic hydroxyl groups excluding tert-OH is 1. The molecule has 12 heteroatoms. The lowest BCUT2D eigenvalue weighted by molar-refractivity contribution is -0.148. The molecular formula is C30H30N8O4. The number of aromatic nitrogens is 7. The number of nitrogens with one attached hydrogen (secondary N) is 3. The summed E-state index contributed by atoms with van der Waals surface area (Å²) in [6.45, 7) is 2.05. The van der Waals surface area contributed by atoms with Gasteiger partial charge >= 0.3 is 5.97 Å². The Balaban J connectivity index is 1.34. The number of hydrogen-bond donors (Lipinski definition) is 5. The van der Waals surface area contributed by atoms with Crippen LogP contribution in [0.1, 0.15) is 46.3 Å². The highest BCUT2D eigenvalue weighted by Gasteiger charge is 2.28. The van der Waals surface area contributed by atoms with E-state index in [0.717, 1.165) is 40.8 Å². The van der Waals surface area contributed by atoms with Crippen LogP contribution >= 0.6 is 0 Å². The molecule has 0 aliphatic carbocycles. The summed E-state index contributed by atoms with van der Waals surface area (Å²) >= 11 is 0. The van der Waals surface area contributed by atoms with E-state index < -0.39 is 24.0 Å². The average Bonchev–Trinajstić information content (AvgIpc) is 3.68. The minimum absolute atomic E-state index is 0.160. The van der Waals surface area contributed by atoms with Crippen LogP contribution in [0, 0.1) is 0 Å². The van der Waals surface area contributed by atoms with E-state index in [-0.39, 0.29) is 12.1 Å². The van der Waals surface area contributed by atoms with Crippen molar-refractivity contribution in [1.82, 2.24) is 40.9 Å². The van der Waals surface area contributed by atoms with Crippen LogP contribution in [-0.4, -0.2) is 69.8 Å². The van der Waals surface area contributed by atoms with E-state index in [4.69, 9.17) is 0 Å². The minimum atomic E-state index is -1.77. The number of carbonyl (C=O) groups is 2. The van der Waals surface area contributed by atoms with Crippen molar-refractivity contribution in [2.24, 2.45) is 0 Å². The van der Waals surface area contributed by atoms with E-state index in [0.29, 0.717) is 23.6 Å². The molecule has 0 aliphatic rings. The lowest BCUT2D eigenvalue weighted by Gasteiger charge is -2.21. The first-order valence-corrected chi connectivity index (χ1v) is 13.5. The molecule has 3 aromatic heterocycles. The molecule has 0 aliphatic heterocycles. The zero-order valence-electron chi connectivity index (χ0n) is 22.9. The topological polar surface area (TPSA) is 183 Å². The summed E-state index contributed by atoms with van der Waals surface area (Å²) in [5.41, 5.74) is 5.79. The molecule has 0 spiro atoms. The third-order valence-corrected chi connectivity index (χ3v) is 6.86. The Bertz CT molecular complexity index is 1640. The monoisotopic (exact) mass is 566 g/mol. The maximum Gasteiger partial charge on any atom is 0.334 e. The molecule has 2 unspecified atom stereocenters. The Morgan fingerprint density at radius 2 is 1.76 bits per heavy atom. The number of carboxylic acid groups (broad SMARTS) is 1. The summed E-state index contributed by atoms with van der Waals surface area (Å²) in [7, 11) is 0. The van der Waals surface area contributed by atoms with E-state index in [1.165, 1.54) is 0 Å². The van der Waals surface area contributed by atoms with Crippen molar-refractivity contribution >= 4 is 11.9 Å². The first-order chi connectivity index (χ1) is 20.4. The summed E-state index contributed by atoms with van der Waals surface area (Å²) in [5.74, 6) is -1.45. The van der Waals surface area contributed by atoms with Gasteiger partial charge in [-0.25, -0.2) is 4.79 Å². The number of aryl methyl sites for hydroxylation is 1. The van der Waals surface area contributed by atoms with Crippen LogP contribution in [0.3, 0.4) is 0 Å². The van der Waals surface area contributed by atoms with Crippen molar-refractivity contribution in [3.8, 4) is 22.6 Å². The normalized spacial score (nSPS) is 12.5. The van der Waals surface area contributed by atoms with E-state index in [2.05, 4.69) is 40.9 Å². The highest BCUT2D eigenvalue weighted by molar-refractivity contribution is 5.93. The van der Waals surface area contributed by atoms with Crippen molar-refractivity contribution in [1.29, 1.82) is 0 Å². The predicted molar refractivity (Wildman–Crippen MR) is 153 cm³/mol. The molecule has 42 heavy (non-hydrogen) atoms. The van der Waals surface area contributed by atoms with Crippen molar-refractivity contribution in [2.75, 3.05) is 0 Å². The number of aliphatic hydroxyl groups is 1. The number of aromatic amines is 2.